The average Bonchev–Trinajstić information content (AvgIpc) is 2.90. The van der Waals surface area contributed by atoms with Gasteiger partial charge in [-0.3, -0.25) is 0 Å². The lowest BCUT2D eigenvalue weighted by Gasteiger charge is -2.21. The Morgan fingerprint density at radius 2 is 1.45 bits per heavy atom. The van der Waals surface area contributed by atoms with Crippen molar-refractivity contribution in [2.45, 2.75) is 26.3 Å². The third kappa shape index (κ3) is 5.12. The van der Waals surface area contributed by atoms with E-state index in [0.29, 0.717) is 44.8 Å². The molecular weight excluding hydrogens is 520 g/mol. The summed E-state index contributed by atoms with van der Waals surface area (Å²) < 4.78 is 55.2. The minimum Gasteiger partial charge on any atom is -0.378 e. The molecule has 3 aromatic heterocycles. The van der Waals surface area contributed by atoms with Crippen LogP contribution >= 0.6 is 11.6 Å². The molecule has 0 fully saturated rings. The van der Waals surface area contributed by atoms with Gasteiger partial charge in [0.25, 0.3) is 6.43 Å². The van der Waals surface area contributed by atoms with Crippen LogP contribution < -0.4 is 5.32 Å². The number of anilines is 1. The summed E-state index contributed by atoms with van der Waals surface area (Å²) in [4.78, 5) is 21.4. The van der Waals surface area contributed by atoms with E-state index in [-0.39, 0.29) is 10.8 Å². The van der Waals surface area contributed by atoms with Gasteiger partial charge in [-0.05, 0) is 61.2 Å². The maximum atomic E-state index is 14.6. The highest BCUT2D eigenvalue weighted by molar-refractivity contribution is 6.34. The summed E-state index contributed by atoms with van der Waals surface area (Å²) in [6.07, 6.45) is 3.50. The van der Waals surface area contributed by atoms with E-state index in [1.807, 2.05) is 0 Å². The number of halogens is 5. The van der Waals surface area contributed by atoms with Crippen molar-refractivity contribution >= 4 is 28.1 Å². The normalized spacial score (nSPS) is 12.2. The largest absolute Gasteiger partial charge is 0.378 e. The summed E-state index contributed by atoms with van der Waals surface area (Å²) in [5.74, 6) is -0.296. The van der Waals surface area contributed by atoms with Crippen molar-refractivity contribution in [3.05, 3.63) is 94.9 Å². The lowest BCUT2D eigenvalue weighted by Crippen LogP contribution is -2.10. The van der Waals surface area contributed by atoms with Crippen molar-refractivity contribution in [2.75, 3.05) is 5.32 Å². The third-order valence-corrected chi connectivity index (χ3v) is 6.26. The number of hydrogen-bond acceptors (Lipinski definition) is 6. The van der Waals surface area contributed by atoms with Crippen LogP contribution in [-0.2, 0) is 0 Å². The molecule has 1 atom stereocenters. The van der Waals surface area contributed by atoms with Crippen LogP contribution in [0.5, 0.6) is 0 Å². The monoisotopic (exact) mass is 538 g/mol. The predicted octanol–water partition coefficient (Wildman–Crippen LogP) is 7.50. The van der Waals surface area contributed by atoms with Crippen molar-refractivity contribution < 1.29 is 17.6 Å². The minimum absolute atomic E-state index is 0.0377. The number of hydrogen-bond donors (Lipinski definition) is 1. The second-order valence-electron chi connectivity index (χ2n) is 8.60. The number of alkyl halides is 2. The number of aryl methyl sites for hydroxylation is 1. The highest BCUT2D eigenvalue weighted by Crippen LogP contribution is 2.36. The number of benzene rings is 2. The molecule has 192 valence electrons. The van der Waals surface area contributed by atoms with Gasteiger partial charge in [-0.2, -0.15) is 0 Å². The highest BCUT2D eigenvalue weighted by atomic mass is 35.5. The molecule has 1 N–H and O–H groups in total. The minimum atomic E-state index is -2.90. The Morgan fingerprint density at radius 1 is 0.789 bits per heavy atom. The molecule has 0 spiro atoms. The van der Waals surface area contributed by atoms with E-state index in [1.54, 1.807) is 44.7 Å². The van der Waals surface area contributed by atoms with E-state index in [0.717, 1.165) is 12.1 Å². The van der Waals surface area contributed by atoms with Crippen molar-refractivity contribution in [2.24, 2.45) is 0 Å². The Hall–Kier alpha value is -4.18. The number of fused-ring (bicyclic) bond motifs is 1. The van der Waals surface area contributed by atoms with Gasteiger partial charge in [0.2, 0.25) is 0 Å². The fraction of sp³-hybridized carbons (Fsp3) is 0.148. The zero-order valence-electron chi connectivity index (χ0n) is 20.1. The maximum Gasteiger partial charge on any atom is 0.265 e. The van der Waals surface area contributed by atoms with E-state index >= 15 is 0 Å². The van der Waals surface area contributed by atoms with Crippen LogP contribution in [0.1, 0.15) is 36.3 Å². The lowest BCUT2D eigenvalue weighted by molar-refractivity contribution is 0.151. The van der Waals surface area contributed by atoms with Crippen LogP contribution in [0.2, 0.25) is 5.15 Å². The molecule has 0 saturated heterocycles. The molecule has 0 saturated carbocycles. The second kappa shape index (κ2) is 10.3. The Kier molecular flexibility index (Phi) is 6.90. The predicted molar refractivity (Wildman–Crippen MR) is 137 cm³/mol. The van der Waals surface area contributed by atoms with Crippen molar-refractivity contribution in [1.82, 2.24) is 24.9 Å². The average molecular weight is 539 g/mol. The molecule has 0 unspecified atom stereocenters. The summed E-state index contributed by atoms with van der Waals surface area (Å²) in [6.45, 7) is 3.46. The first kappa shape index (κ1) is 25.5. The molecule has 38 heavy (non-hydrogen) atoms. The van der Waals surface area contributed by atoms with Crippen molar-refractivity contribution in [3.63, 3.8) is 0 Å². The summed E-state index contributed by atoms with van der Waals surface area (Å²) >= 11 is 6.45. The summed E-state index contributed by atoms with van der Waals surface area (Å²) in [7, 11) is 0. The van der Waals surface area contributed by atoms with Gasteiger partial charge in [0.1, 0.15) is 22.6 Å². The van der Waals surface area contributed by atoms with Crippen molar-refractivity contribution in [1.29, 1.82) is 0 Å². The zero-order valence-corrected chi connectivity index (χ0v) is 20.8. The molecule has 5 aromatic rings. The van der Waals surface area contributed by atoms with Crippen LogP contribution in [-0.4, -0.2) is 24.9 Å². The standard InChI is InChI=1S/C27H19ClF4N6/c1-13(37-23-4-3-17(29)5-22(23)26(31)32)19-6-18(30)7-21-20(19)8-24(38-25(21)28)15-9-35-27(36-10-15)16-11-33-14(2)34-12-16/h3-13,26,37H,1-2H3/t13-/m1/s1. The van der Waals surface area contributed by atoms with E-state index < -0.39 is 29.7 Å². The lowest BCUT2D eigenvalue weighted by atomic mass is 9.98. The van der Waals surface area contributed by atoms with Crippen LogP contribution in [0.15, 0.2) is 61.2 Å². The van der Waals surface area contributed by atoms with Crippen LogP contribution in [0.25, 0.3) is 33.4 Å². The highest BCUT2D eigenvalue weighted by Gasteiger charge is 2.20. The Labute approximate surface area is 219 Å². The maximum absolute atomic E-state index is 14.6. The first-order valence-electron chi connectivity index (χ1n) is 11.4. The first-order valence-corrected chi connectivity index (χ1v) is 11.8. The fourth-order valence-electron chi connectivity index (χ4n) is 4.09. The van der Waals surface area contributed by atoms with E-state index in [4.69, 9.17) is 11.6 Å². The van der Waals surface area contributed by atoms with E-state index in [9.17, 15) is 17.6 Å². The molecule has 6 nitrogen and oxygen atoms in total. The molecule has 11 heteroatoms. The van der Waals surface area contributed by atoms with Gasteiger partial charge in [0.15, 0.2) is 5.82 Å². The van der Waals surface area contributed by atoms with E-state index in [2.05, 4.69) is 30.2 Å². The molecule has 5 rings (SSSR count). The van der Waals surface area contributed by atoms with Crippen LogP contribution in [0.4, 0.5) is 23.2 Å². The SMILES string of the molecule is Cc1ncc(-c2ncc(-c3cc4c([C@@H](C)Nc5ccc(F)cc5C(F)F)cc(F)cc4c(Cl)n3)cn2)cn1. The molecule has 0 amide bonds. The number of nitrogens with one attached hydrogen (secondary N) is 1. The van der Waals surface area contributed by atoms with Gasteiger partial charge in [-0.25, -0.2) is 42.5 Å². The van der Waals surface area contributed by atoms with Gasteiger partial charge in [0.05, 0.1) is 11.3 Å². The smallest absolute Gasteiger partial charge is 0.265 e. The third-order valence-electron chi connectivity index (χ3n) is 5.97. The van der Waals surface area contributed by atoms with Crippen LogP contribution in [0, 0.1) is 18.6 Å². The number of pyridine rings is 1. The molecule has 0 bridgehead atoms. The fourth-order valence-corrected chi connectivity index (χ4v) is 4.33. The van der Waals surface area contributed by atoms with Gasteiger partial charge < -0.3 is 5.32 Å². The molecule has 0 aliphatic rings. The summed E-state index contributed by atoms with van der Waals surface area (Å²) in [5, 5.41) is 3.90. The van der Waals surface area contributed by atoms with Crippen molar-refractivity contribution in [3.8, 4) is 22.6 Å². The number of rotatable bonds is 6. The molecule has 3 heterocycles. The topological polar surface area (TPSA) is 76.5 Å². The zero-order chi connectivity index (χ0) is 27.0. The quantitative estimate of drug-likeness (QED) is 0.178. The Balaban J connectivity index is 1.54. The van der Waals surface area contributed by atoms with Gasteiger partial charge in [0, 0.05) is 53.0 Å². The molecule has 2 aromatic carbocycles. The first-order chi connectivity index (χ1) is 18.2. The Morgan fingerprint density at radius 3 is 2.13 bits per heavy atom. The summed E-state index contributed by atoms with van der Waals surface area (Å²) in [6, 6.07) is 6.69. The Bertz CT molecular complexity index is 1630. The summed E-state index contributed by atoms with van der Waals surface area (Å²) in [5.41, 5.74) is 1.63. The second-order valence-corrected chi connectivity index (χ2v) is 8.96. The molecule has 0 aliphatic heterocycles. The molecular formula is C27H19ClF4N6. The van der Waals surface area contributed by atoms with Gasteiger partial charge in [-0.1, -0.05) is 11.6 Å². The molecule has 0 radical (unpaired) electrons. The van der Waals surface area contributed by atoms with Crippen LogP contribution in [0.3, 0.4) is 0 Å². The molecule has 0 aliphatic carbocycles. The number of nitrogens with zero attached hydrogens (tertiary/aromatic N) is 5. The van der Waals surface area contributed by atoms with E-state index in [1.165, 1.54) is 18.2 Å². The number of aromatic nitrogens is 5. The van der Waals surface area contributed by atoms with Gasteiger partial charge in [-0.15, -0.1) is 0 Å². The van der Waals surface area contributed by atoms with Gasteiger partial charge >= 0.3 is 0 Å².